The van der Waals surface area contributed by atoms with Crippen LogP contribution in [0.25, 0.3) is 0 Å². The Morgan fingerprint density at radius 1 is 1.12 bits per heavy atom. The van der Waals surface area contributed by atoms with E-state index in [1.807, 2.05) is 36.4 Å². The van der Waals surface area contributed by atoms with E-state index < -0.39 is 0 Å². The summed E-state index contributed by atoms with van der Waals surface area (Å²) in [4.78, 5) is 37.5. The fraction of sp³-hybridized carbons (Fsp3) is 0.263. The Morgan fingerprint density at radius 3 is 2.50 bits per heavy atom. The van der Waals surface area contributed by atoms with Crippen molar-refractivity contribution in [3.05, 3.63) is 59.4 Å². The number of imide groups is 1. The zero-order valence-corrected chi connectivity index (χ0v) is 14.8. The molecular weight excluding hydrogens is 352 g/mol. The number of aldehydes is 1. The zero-order chi connectivity index (χ0) is 18.4. The summed E-state index contributed by atoms with van der Waals surface area (Å²) < 4.78 is 5.72. The van der Waals surface area contributed by atoms with Crippen molar-refractivity contribution in [2.75, 3.05) is 6.61 Å². The van der Waals surface area contributed by atoms with E-state index in [9.17, 15) is 14.4 Å². The fourth-order valence-electron chi connectivity index (χ4n) is 2.56. The number of benzene rings is 1. The van der Waals surface area contributed by atoms with Gasteiger partial charge in [-0.15, -0.1) is 0 Å². The first-order valence-electron chi connectivity index (χ1n) is 8.24. The van der Waals surface area contributed by atoms with E-state index in [4.69, 9.17) is 4.74 Å². The van der Waals surface area contributed by atoms with Crippen LogP contribution in [0.2, 0.25) is 0 Å². The standard InChI is InChI=1S/C19H18N2O4S/c22-9-7-14-1-4-15(20-12-14)8-10-25-16-5-2-13(3-6-16)11-17-18(23)21-19(24)26-17/h1-6,9,12,17H,7-8,10-11H2,(H,21,23,24). The third-order valence-electron chi connectivity index (χ3n) is 3.94. The Bertz CT molecular complexity index is 790. The van der Waals surface area contributed by atoms with Crippen LogP contribution in [0.5, 0.6) is 5.75 Å². The van der Waals surface area contributed by atoms with Crippen molar-refractivity contribution in [1.29, 1.82) is 0 Å². The average molecular weight is 370 g/mol. The molecule has 1 N–H and O–H groups in total. The Balaban J connectivity index is 1.46. The van der Waals surface area contributed by atoms with E-state index in [1.54, 1.807) is 6.20 Å². The highest BCUT2D eigenvalue weighted by atomic mass is 32.2. The van der Waals surface area contributed by atoms with Gasteiger partial charge in [-0.05, 0) is 35.7 Å². The van der Waals surface area contributed by atoms with Gasteiger partial charge in [0, 0.05) is 24.7 Å². The predicted octanol–water partition coefficient (Wildman–Crippen LogP) is 2.34. The van der Waals surface area contributed by atoms with Crippen LogP contribution in [-0.2, 0) is 28.9 Å². The first-order valence-corrected chi connectivity index (χ1v) is 9.12. The lowest BCUT2D eigenvalue weighted by Gasteiger charge is -2.09. The number of ether oxygens (including phenoxy) is 1. The summed E-state index contributed by atoms with van der Waals surface area (Å²) in [6.07, 6.45) is 4.13. The number of rotatable bonds is 8. The first-order chi connectivity index (χ1) is 12.6. The van der Waals surface area contributed by atoms with Crippen LogP contribution < -0.4 is 10.1 Å². The van der Waals surface area contributed by atoms with E-state index in [1.165, 1.54) is 0 Å². The van der Waals surface area contributed by atoms with Gasteiger partial charge in [0.15, 0.2) is 0 Å². The number of hydrogen-bond acceptors (Lipinski definition) is 6. The maximum absolute atomic E-state index is 11.6. The molecule has 7 heteroatoms. The Morgan fingerprint density at radius 2 is 1.88 bits per heavy atom. The summed E-state index contributed by atoms with van der Waals surface area (Å²) in [6.45, 7) is 0.495. The number of hydrogen-bond donors (Lipinski definition) is 1. The van der Waals surface area contributed by atoms with Crippen molar-refractivity contribution < 1.29 is 19.1 Å². The molecule has 1 aromatic carbocycles. The molecule has 1 aliphatic heterocycles. The average Bonchev–Trinajstić information content (AvgIpc) is 2.95. The van der Waals surface area contributed by atoms with Crippen LogP contribution in [0.15, 0.2) is 42.6 Å². The lowest BCUT2D eigenvalue weighted by atomic mass is 10.1. The van der Waals surface area contributed by atoms with Crippen molar-refractivity contribution in [2.24, 2.45) is 0 Å². The second-order valence-corrected chi connectivity index (χ2v) is 7.03. The van der Waals surface area contributed by atoms with Gasteiger partial charge in [-0.1, -0.05) is 30.0 Å². The minimum atomic E-state index is -0.359. The molecule has 26 heavy (non-hydrogen) atoms. The number of amides is 2. The summed E-state index contributed by atoms with van der Waals surface area (Å²) in [7, 11) is 0. The van der Waals surface area contributed by atoms with Gasteiger partial charge < -0.3 is 9.53 Å². The number of nitrogens with one attached hydrogen (secondary N) is 1. The van der Waals surface area contributed by atoms with Gasteiger partial charge in [0.25, 0.3) is 5.24 Å². The molecule has 0 radical (unpaired) electrons. The fourth-order valence-corrected chi connectivity index (χ4v) is 3.42. The van der Waals surface area contributed by atoms with Crippen LogP contribution in [0.1, 0.15) is 16.8 Å². The van der Waals surface area contributed by atoms with E-state index in [0.29, 0.717) is 25.9 Å². The number of nitrogens with zero attached hydrogens (tertiary/aromatic N) is 1. The number of aromatic nitrogens is 1. The third-order valence-corrected chi connectivity index (χ3v) is 4.92. The molecule has 134 valence electrons. The van der Waals surface area contributed by atoms with Crippen molar-refractivity contribution in [3.63, 3.8) is 0 Å². The van der Waals surface area contributed by atoms with Crippen LogP contribution in [-0.4, -0.2) is 34.3 Å². The second kappa shape index (κ2) is 8.62. The maximum atomic E-state index is 11.6. The monoisotopic (exact) mass is 370 g/mol. The molecule has 3 rings (SSSR count). The van der Waals surface area contributed by atoms with Crippen molar-refractivity contribution in [3.8, 4) is 5.75 Å². The molecule has 2 heterocycles. The minimum Gasteiger partial charge on any atom is -0.493 e. The van der Waals surface area contributed by atoms with Crippen molar-refractivity contribution in [2.45, 2.75) is 24.5 Å². The van der Waals surface area contributed by atoms with Crippen molar-refractivity contribution in [1.82, 2.24) is 10.3 Å². The maximum Gasteiger partial charge on any atom is 0.286 e. The van der Waals surface area contributed by atoms with Gasteiger partial charge in [0.05, 0.1) is 11.9 Å². The molecule has 1 saturated heterocycles. The molecule has 0 bridgehead atoms. The summed E-state index contributed by atoms with van der Waals surface area (Å²) >= 11 is 1.03. The topological polar surface area (TPSA) is 85.4 Å². The first kappa shape index (κ1) is 18.1. The third kappa shape index (κ3) is 4.92. The smallest absolute Gasteiger partial charge is 0.286 e. The lowest BCUT2D eigenvalue weighted by molar-refractivity contribution is -0.119. The van der Waals surface area contributed by atoms with Gasteiger partial charge in [-0.3, -0.25) is 19.9 Å². The highest BCUT2D eigenvalue weighted by Gasteiger charge is 2.31. The molecule has 1 fully saturated rings. The molecular formula is C19H18N2O4S. The molecule has 0 spiro atoms. The number of thioether (sulfide) groups is 1. The molecule has 1 aliphatic rings. The van der Waals surface area contributed by atoms with E-state index in [0.717, 1.165) is 40.6 Å². The largest absolute Gasteiger partial charge is 0.493 e. The van der Waals surface area contributed by atoms with Crippen molar-refractivity contribution >= 4 is 29.2 Å². The van der Waals surface area contributed by atoms with Gasteiger partial charge >= 0.3 is 0 Å². The molecule has 2 amide bonds. The van der Waals surface area contributed by atoms with E-state index in [-0.39, 0.29) is 16.4 Å². The SMILES string of the molecule is O=CCc1ccc(CCOc2ccc(CC3SC(=O)NC3=O)cc2)nc1. The summed E-state index contributed by atoms with van der Waals surface area (Å²) in [6, 6.07) is 11.3. The molecule has 1 unspecified atom stereocenters. The Kier molecular flexibility index (Phi) is 6.01. The summed E-state index contributed by atoms with van der Waals surface area (Å²) in [5.41, 5.74) is 2.79. The van der Waals surface area contributed by atoms with E-state index >= 15 is 0 Å². The van der Waals surface area contributed by atoms with Gasteiger partial charge in [-0.25, -0.2) is 0 Å². The number of carbonyl (C=O) groups excluding carboxylic acids is 3. The Hall–Kier alpha value is -2.67. The Labute approximate surface area is 155 Å². The highest BCUT2D eigenvalue weighted by molar-refractivity contribution is 8.15. The van der Waals surface area contributed by atoms with Crippen LogP contribution in [0, 0.1) is 0 Å². The van der Waals surface area contributed by atoms with Gasteiger partial charge in [0.2, 0.25) is 5.91 Å². The predicted molar refractivity (Wildman–Crippen MR) is 98.3 cm³/mol. The van der Waals surface area contributed by atoms with Gasteiger partial charge in [-0.2, -0.15) is 0 Å². The second-order valence-electron chi connectivity index (χ2n) is 5.86. The molecule has 2 aromatic rings. The number of pyridine rings is 1. The molecule has 0 saturated carbocycles. The molecule has 1 atom stereocenters. The summed E-state index contributed by atoms with van der Waals surface area (Å²) in [5, 5.41) is 1.65. The van der Waals surface area contributed by atoms with Crippen LogP contribution in [0.3, 0.4) is 0 Å². The quantitative estimate of drug-likeness (QED) is 0.718. The summed E-state index contributed by atoms with van der Waals surface area (Å²) in [5.74, 6) is 0.512. The minimum absolute atomic E-state index is 0.230. The van der Waals surface area contributed by atoms with Gasteiger partial charge in [0.1, 0.15) is 12.0 Å². The van der Waals surface area contributed by atoms with E-state index in [2.05, 4.69) is 10.3 Å². The zero-order valence-electron chi connectivity index (χ0n) is 14.0. The van der Waals surface area contributed by atoms with Crippen LogP contribution >= 0.6 is 11.8 Å². The molecule has 1 aromatic heterocycles. The molecule has 0 aliphatic carbocycles. The van der Waals surface area contributed by atoms with Crippen LogP contribution in [0.4, 0.5) is 4.79 Å². The number of carbonyl (C=O) groups is 3. The highest BCUT2D eigenvalue weighted by Crippen LogP contribution is 2.23. The lowest BCUT2D eigenvalue weighted by Crippen LogP contribution is -2.25. The normalized spacial score (nSPS) is 16.4. The molecule has 6 nitrogen and oxygen atoms in total.